The van der Waals surface area contributed by atoms with Crippen molar-refractivity contribution < 1.29 is 14.9 Å². The number of rotatable bonds is 5. The van der Waals surface area contributed by atoms with Crippen molar-refractivity contribution in [3.05, 3.63) is 29.8 Å². The van der Waals surface area contributed by atoms with Gasteiger partial charge in [0.05, 0.1) is 19.3 Å². The predicted molar refractivity (Wildman–Crippen MR) is 75.3 cm³/mol. The largest absolute Gasteiger partial charge is 0.497 e. The molecule has 0 spiro atoms. The highest BCUT2D eigenvalue weighted by Crippen LogP contribution is 2.28. The van der Waals surface area contributed by atoms with Crippen LogP contribution in [0.15, 0.2) is 24.3 Å². The maximum absolute atomic E-state index is 10.2. The predicted octanol–water partition coefficient (Wildman–Crippen LogP) is 2.54. The normalized spacial score (nSPS) is 19.9. The number of ether oxygens (including phenoxy) is 1. The molecule has 3 nitrogen and oxygen atoms in total. The van der Waals surface area contributed by atoms with Crippen LogP contribution >= 0.6 is 0 Å². The quantitative estimate of drug-likeness (QED) is 0.859. The van der Waals surface area contributed by atoms with E-state index < -0.39 is 12.2 Å². The highest BCUT2D eigenvalue weighted by Gasteiger charge is 2.27. The van der Waals surface area contributed by atoms with E-state index in [1.807, 2.05) is 24.3 Å². The van der Waals surface area contributed by atoms with E-state index in [0.29, 0.717) is 6.42 Å². The summed E-state index contributed by atoms with van der Waals surface area (Å²) < 4.78 is 5.17. The molecule has 19 heavy (non-hydrogen) atoms. The zero-order valence-corrected chi connectivity index (χ0v) is 11.6. The Hall–Kier alpha value is -1.06. The molecule has 0 bridgehead atoms. The summed E-state index contributed by atoms with van der Waals surface area (Å²) >= 11 is 0. The summed E-state index contributed by atoms with van der Waals surface area (Å²) in [5.74, 6) is 1.05. The Morgan fingerprint density at radius 1 is 1.21 bits per heavy atom. The Kier molecular flexibility index (Phi) is 5.23. The van der Waals surface area contributed by atoms with E-state index in [1.54, 1.807) is 7.11 Å². The Morgan fingerprint density at radius 2 is 1.95 bits per heavy atom. The van der Waals surface area contributed by atoms with Gasteiger partial charge in [0.15, 0.2) is 0 Å². The molecule has 0 heterocycles. The van der Waals surface area contributed by atoms with Crippen molar-refractivity contribution >= 4 is 0 Å². The Bertz CT molecular complexity index is 385. The van der Waals surface area contributed by atoms with Crippen molar-refractivity contribution in [2.75, 3.05) is 7.11 Å². The van der Waals surface area contributed by atoms with Gasteiger partial charge in [-0.25, -0.2) is 0 Å². The fourth-order valence-electron chi connectivity index (χ4n) is 2.95. The Labute approximate surface area is 115 Å². The average Bonchev–Trinajstić information content (AvgIpc) is 2.47. The number of aliphatic hydroxyl groups excluding tert-OH is 2. The summed E-state index contributed by atoms with van der Waals surface area (Å²) in [6.07, 6.45) is 4.87. The van der Waals surface area contributed by atoms with Gasteiger partial charge in [0.2, 0.25) is 0 Å². The number of methoxy groups -OCH3 is 1. The maximum atomic E-state index is 10.2. The lowest BCUT2D eigenvalue weighted by Crippen LogP contribution is -2.36. The zero-order chi connectivity index (χ0) is 13.7. The minimum Gasteiger partial charge on any atom is -0.497 e. The van der Waals surface area contributed by atoms with E-state index in [4.69, 9.17) is 4.74 Å². The molecule has 0 amide bonds. The average molecular weight is 264 g/mol. The number of hydrogen-bond donors (Lipinski definition) is 2. The van der Waals surface area contributed by atoms with Gasteiger partial charge in [-0.3, -0.25) is 0 Å². The second kappa shape index (κ2) is 6.92. The van der Waals surface area contributed by atoms with Gasteiger partial charge in [-0.15, -0.1) is 0 Å². The first-order chi connectivity index (χ1) is 9.20. The van der Waals surface area contributed by atoms with Crippen LogP contribution in [0.2, 0.25) is 0 Å². The minimum absolute atomic E-state index is 0.259. The molecule has 1 aromatic carbocycles. The summed E-state index contributed by atoms with van der Waals surface area (Å²) in [4.78, 5) is 0. The monoisotopic (exact) mass is 264 g/mol. The van der Waals surface area contributed by atoms with E-state index in [0.717, 1.165) is 24.2 Å². The number of aliphatic hydroxyl groups is 2. The molecule has 1 aliphatic carbocycles. The van der Waals surface area contributed by atoms with E-state index in [-0.39, 0.29) is 5.92 Å². The highest BCUT2D eigenvalue weighted by molar-refractivity contribution is 5.28. The van der Waals surface area contributed by atoms with E-state index in [2.05, 4.69) is 0 Å². The van der Waals surface area contributed by atoms with Gasteiger partial charge in [0.1, 0.15) is 5.75 Å². The fraction of sp³-hybridized carbons (Fsp3) is 0.625. The first-order valence-electron chi connectivity index (χ1n) is 7.20. The second-order valence-corrected chi connectivity index (χ2v) is 5.51. The lowest BCUT2D eigenvalue weighted by molar-refractivity contribution is -0.0263. The van der Waals surface area contributed by atoms with E-state index >= 15 is 0 Å². The van der Waals surface area contributed by atoms with Crippen molar-refractivity contribution in [2.24, 2.45) is 5.92 Å². The molecule has 0 aliphatic heterocycles. The third-order valence-electron chi connectivity index (χ3n) is 4.11. The number of hydrogen-bond acceptors (Lipinski definition) is 3. The van der Waals surface area contributed by atoms with Crippen LogP contribution in [0.5, 0.6) is 5.75 Å². The Balaban J connectivity index is 1.93. The van der Waals surface area contributed by atoms with E-state index in [9.17, 15) is 10.2 Å². The highest BCUT2D eigenvalue weighted by atomic mass is 16.5. The second-order valence-electron chi connectivity index (χ2n) is 5.51. The van der Waals surface area contributed by atoms with E-state index in [1.165, 1.54) is 19.3 Å². The number of benzene rings is 1. The molecule has 1 fully saturated rings. The Morgan fingerprint density at radius 3 is 2.63 bits per heavy atom. The van der Waals surface area contributed by atoms with Gasteiger partial charge < -0.3 is 14.9 Å². The van der Waals surface area contributed by atoms with Crippen molar-refractivity contribution in [3.8, 4) is 5.75 Å². The summed E-state index contributed by atoms with van der Waals surface area (Å²) in [6.45, 7) is 0. The SMILES string of the molecule is COc1cccc(CC(O)C(O)C2CCCCC2)c1. The first-order valence-corrected chi connectivity index (χ1v) is 7.20. The molecule has 106 valence electrons. The van der Waals surface area contributed by atoms with Gasteiger partial charge in [-0.2, -0.15) is 0 Å². The van der Waals surface area contributed by atoms with Gasteiger partial charge in [-0.1, -0.05) is 31.4 Å². The molecule has 3 heteroatoms. The van der Waals surface area contributed by atoms with Crippen molar-refractivity contribution in [1.82, 2.24) is 0 Å². The molecular formula is C16H24O3. The minimum atomic E-state index is -0.685. The smallest absolute Gasteiger partial charge is 0.119 e. The van der Waals surface area contributed by atoms with Crippen molar-refractivity contribution in [1.29, 1.82) is 0 Å². The van der Waals surface area contributed by atoms with Crippen molar-refractivity contribution in [3.63, 3.8) is 0 Å². The van der Waals surface area contributed by atoms with Crippen molar-refractivity contribution in [2.45, 2.75) is 50.7 Å². The van der Waals surface area contributed by atoms with Gasteiger partial charge in [0.25, 0.3) is 0 Å². The molecule has 1 saturated carbocycles. The van der Waals surface area contributed by atoms with Crippen LogP contribution in [-0.4, -0.2) is 29.5 Å². The zero-order valence-electron chi connectivity index (χ0n) is 11.6. The lowest BCUT2D eigenvalue weighted by Gasteiger charge is -2.29. The molecule has 2 atom stereocenters. The van der Waals surface area contributed by atoms with Crippen LogP contribution in [0, 0.1) is 5.92 Å². The molecule has 1 aliphatic rings. The molecule has 0 saturated heterocycles. The lowest BCUT2D eigenvalue weighted by atomic mass is 9.82. The summed E-state index contributed by atoms with van der Waals surface area (Å²) in [5, 5.41) is 20.4. The van der Waals surface area contributed by atoms with Crippen LogP contribution in [0.25, 0.3) is 0 Å². The standard InChI is InChI=1S/C16H24O3/c1-19-14-9-5-6-12(10-14)11-15(17)16(18)13-7-3-2-4-8-13/h5-6,9-10,13,15-18H,2-4,7-8,11H2,1H3. The third kappa shape index (κ3) is 3.95. The molecule has 1 aromatic rings. The van der Waals surface area contributed by atoms with Crippen LogP contribution in [0.1, 0.15) is 37.7 Å². The molecule has 0 radical (unpaired) electrons. The van der Waals surface area contributed by atoms with Crippen LogP contribution in [-0.2, 0) is 6.42 Å². The first kappa shape index (κ1) is 14.4. The van der Waals surface area contributed by atoms with Gasteiger partial charge in [0, 0.05) is 6.42 Å². The van der Waals surface area contributed by atoms with Crippen LogP contribution < -0.4 is 4.74 Å². The summed E-state index contributed by atoms with van der Waals surface area (Å²) in [7, 11) is 1.63. The summed E-state index contributed by atoms with van der Waals surface area (Å²) in [5.41, 5.74) is 1.00. The molecule has 2 unspecified atom stereocenters. The topological polar surface area (TPSA) is 49.7 Å². The maximum Gasteiger partial charge on any atom is 0.119 e. The molecule has 2 N–H and O–H groups in total. The van der Waals surface area contributed by atoms with Gasteiger partial charge in [-0.05, 0) is 36.5 Å². The molecule has 0 aromatic heterocycles. The van der Waals surface area contributed by atoms with Crippen LogP contribution in [0.3, 0.4) is 0 Å². The molecule has 2 rings (SSSR count). The van der Waals surface area contributed by atoms with Gasteiger partial charge >= 0.3 is 0 Å². The molecular weight excluding hydrogens is 240 g/mol. The fourth-order valence-corrected chi connectivity index (χ4v) is 2.95. The summed E-state index contributed by atoms with van der Waals surface area (Å²) in [6, 6.07) is 7.66. The third-order valence-corrected chi connectivity index (χ3v) is 4.11. The van der Waals surface area contributed by atoms with Crippen LogP contribution in [0.4, 0.5) is 0 Å².